The number of ether oxygens (including phenoxy) is 1. The normalized spacial score (nSPS) is 20.1. The third kappa shape index (κ3) is 3.40. The van der Waals surface area contributed by atoms with Gasteiger partial charge in [-0.25, -0.2) is 4.98 Å². The van der Waals surface area contributed by atoms with Crippen molar-refractivity contribution in [2.45, 2.75) is 38.9 Å². The number of thiazole rings is 1. The minimum Gasteiger partial charge on any atom is -0.379 e. The van der Waals surface area contributed by atoms with Crippen LogP contribution in [0.25, 0.3) is 0 Å². The Morgan fingerprint density at radius 1 is 1.65 bits per heavy atom. The van der Waals surface area contributed by atoms with Gasteiger partial charge in [0.2, 0.25) is 0 Å². The Morgan fingerprint density at radius 3 is 3.12 bits per heavy atom. The Labute approximate surface area is 107 Å². The van der Waals surface area contributed by atoms with Crippen molar-refractivity contribution < 1.29 is 4.74 Å². The summed E-state index contributed by atoms with van der Waals surface area (Å²) in [5, 5.41) is 6.62. The van der Waals surface area contributed by atoms with Gasteiger partial charge in [0.05, 0.1) is 18.3 Å². The molecule has 5 heteroatoms. The monoisotopic (exact) mass is 255 g/mol. The minimum atomic E-state index is 0.493. The molecule has 1 N–H and O–H groups in total. The van der Waals surface area contributed by atoms with Crippen molar-refractivity contribution >= 4 is 16.5 Å². The lowest BCUT2D eigenvalue weighted by atomic mass is 10.2. The van der Waals surface area contributed by atoms with Gasteiger partial charge in [0.1, 0.15) is 0 Å². The molecule has 0 aromatic carbocycles. The first-order valence-corrected chi connectivity index (χ1v) is 7.03. The van der Waals surface area contributed by atoms with Gasteiger partial charge < -0.3 is 15.0 Å². The predicted octanol–water partition coefficient (Wildman–Crippen LogP) is 1.87. The molecule has 2 heterocycles. The van der Waals surface area contributed by atoms with Gasteiger partial charge in [-0.15, -0.1) is 11.3 Å². The summed E-state index contributed by atoms with van der Waals surface area (Å²) in [6.45, 7) is 6.85. The molecule has 17 heavy (non-hydrogen) atoms. The van der Waals surface area contributed by atoms with Crippen LogP contribution in [0.1, 0.15) is 26.0 Å². The van der Waals surface area contributed by atoms with E-state index in [2.05, 4.69) is 41.5 Å². The summed E-state index contributed by atoms with van der Waals surface area (Å²) < 4.78 is 5.41. The zero-order valence-corrected chi connectivity index (χ0v) is 11.6. The highest BCUT2D eigenvalue weighted by molar-refractivity contribution is 7.13. The number of anilines is 1. The molecule has 1 unspecified atom stereocenters. The number of hydrogen-bond donors (Lipinski definition) is 1. The maximum absolute atomic E-state index is 5.41. The smallest absolute Gasteiger partial charge is 0.185 e. The number of rotatable bonds is 5. The van der Waals surface area contributed by atoms with Crippen LogP contribution < -0.4 is 10.2 Å². The van der Waals surface area contributed by atoms with Crippen LogP contribution in [0, 0.1) is 0 Å². The Bertz CT molecular complexity index is 347. The topological polar surface area (TPSA) is 37.4 Å². The van der Waals surface area contributed by atoms with Crippen molar-refractivity contribution in [2.75, 3.05) is 25.2 Å². The van der Waals surface area contributed by atoms with Crippen molar-refractivity contribution in [1.29, 1.82) is 0 Å². The quantitative estimate of drug-likeness (QED) is 0.871. The van der Waals surface area contributed by atoms with Gasteiger partial charge in [0, 0.05) is 31.6 Å². The highest BCUT2D eigenvalue weighted by Crippen LogP contribution is 2.24. The van der Waals surface area contributed by atoms with E-state index in [0.29, 0.717) is 12.1 Å². The molecule has 1 atom stereocenters. The molecule has 1 saturated heterocycles. The zero-order valence-electron chi connectivity index (χ0n) is 10.8. The molecule has 2 rings (SSSR count). The average molecular weight is 255 g/mol. The van der Waals surface area contributed by atoms with E-state index in [0.717, 1.165) is 37.0 Å². The first-order chi connectivity index (χ1) is 8.16. The molecule has 1 aliphatic rings. The van der Waals surface area contributed by atoms with Crippen LogP contribution >= 0.6 is 11.3 Å². The molecule has 1 fully saturated rings. The molecule has 0 amide bonds. The standard InChI is InChI=1S/C12H21N3OS/c1-9(2)13-6-10-8-17-12(14-10)15(3)11-4-5-16-7-11/h8-9,11,13H,4-7H2,1-3H3. The number of likely N-dealkylation sites (N-methyl/N-ethyl adjacent to an activating group) is 1. The Hall–Kier alpha value is -0.650. The van der Waals surface area contributed by atoms with Crippen molar-refractivity contribution in [2.24, 2.45) is 0 Å². The van der Waals surface area contributed by atoms with Crippen molar-refractivity contribution in [3.63, 3.8) is 0 Å². The van der Waals surface area contributed by atoms with E-state index in [9.17, 15) is 0 Å². The maximum Gasteiger partial charge on any atom is 0.185 e. The fraction of sp³-hybridized carbons (Fsp3) is 0.750. The van der Waals surface area contributed by atoms with E-state index < -0.39 is 0 Å². The summed E-state index contributed by atoms with van der Waals surface area (Å²) in [6.07, 6.45) is 1.11. The van der Waals surface area contributed by atoms with Gasteiger partial charge in [-0.3, -0.25) is 0 Å². The summed E-state index contributed by atoms with van der Waals surface area (Å²) in [4.78, 5) is 6.90. The van der Waals surface area contributed by atoms with Crippen molar-refractivity contribution in [1.82, 2.24) is 10.3 Å². The second-order valence-corrected chi connectivity index (χ2v) is 5.62. The van der Waals surface area contributed by atoms with Crippen LogP contribution in [0.4, 0.5) is 5.13 Å². The molecule has 0 saturated carbocycles. The van der Waals surface area contributed by atoms with Crippen LogP contribution in [-0.2, 0) is 11.3 Å². The van der Waals surface area contributed by atoms with Crippen molar-refractivity contribution in [3.8, 4) is 0 Å². The second-order valence-electron chi connectivity index (χ2n) is 4.79. The molecule has 4 nitrogen and oxygen atoms in total. The van der Waals surface area contributed by atoms with E-state index in [1.54, 1.807) is 11.3 Å². The minimum absolute atomic E-state index is 0.493. The van der Waals surface area contributed by atoms with E-state index in [-0.39, 0.29) is 0 Å². The third-order valence-corrected chi connectivity index (χ3v) is 3.97. The summed E-state index contributed by atoms with van der Waals surface area (Å²) in [6, 6.07) is 0.994. The highest BCUT2D eigenvalue weighted by atomic mass is 32.1. The van der Waals surface area contributed by atoms with Gasteiger partial charge in [-0.05, 0) is 6.42 Å². The van der Waals surface area contributed by atoms with Crippen LogP contribution in [-0.4, -0.2) is 37.3 Å². The average Bonchev–Trinajstić information content (AvgIpc) is 2.97. The lowest BCUT2D eigenvalue weighted by molar-refractivity contribution is 0.193. The zero-order chi connectivity index (χ0) is 12.3. The summed E-state index contributed by atoms with van der Waals surface area (Å²) in [5.74, 6) is 0. The number of nitrogens with one attached hydrogen (secondary N) is 1. The summed E-state index contributed by atoms with van der Waals surface area (Å²) >= 11 is 1.72. The SMILES string of the molecule is CC(C)NCc1csc(N(C)C2CCOC2)n1. The molecule has 0 radical (unpaired) electrons. The molecule has 1 aliphatic heterocycles. The molecule has 0 bridgehead atoms. The largest absolute Gasteiger partial charge is 0.379 e. The number of hydrogen-bond acceptors (Lipinski definition) is 5. The highest BCUT2D eigenvalue weighted by Gasteiger charge is 2.22. The molecule has 0 spiro atoms. The third-order valence-electron chi connectivity index (χ3n) is 2.99. The van der Waals surface area contributed by atoms with Gasteiger partial charge in [-0.1, -0.05) is 13.8 Å². The predicted molar refractivity (Wildman–Crippen MR) is 71.7 cm³/mol. The fourth-order valence-corrected chi connectivity index (χ4v) is 2.69. The molecular weight excluding hydrogens is 234 g/mol. The lowest BCUT2D eigenvalue weighted by Gasteiger charge is -2.21. The van der Waals surface area contributed by atoms with E-state index in [1.807, 2.05) is 0 Å². The Morgan fingerprint density at radius 2 is 2.47 bits per heavy atom. The van der Waals surface area contributed by atoms with E-state index in [4.69, 9.17) is 4.74 Å². The molecule has 96 valence electrons. The number of nitrogens with zero attached hydrogens (tertiary/aromatic N) is 2. The van der Waals surface area contributed by atoms with Gasteiger partial charge in [0.25, 0.3) is 0 Å². The van der Waals surface area contributed by atoms with Gasteiger partial charge >= 0.3 is 0 Å². The summed E-state index contributed by atoms with van der Waals surface area (Å²) in [7, 11) is 2.11. The summed E-state index contributed by atoms with van der Waals surface area (Å²) in [5.41, 5.74) is 1.13. The van der Waals surface area contributed by atoms with Crippen LogP contribution in [0.15, 0.2) is 5.38 Å². The first kappa shape index (κ1) is 12.8. The Balaban J connectivity index is 1.92. The molecule has 0 aliphatic carbocycles. The molecule has 1 aromatic heterocycles. The van der Waals surface area contributed by atoms with E-state index >= 15 is 0 Å². The van der Waals surface area contributed by atoms with Crippen LogP contribution in [0.2, 0.25) is 0 Å². The van der Waals surface area contributed by atoms with Gasteiger partial charge in [0.15, 0.2) is 5.13 Å². The first-order valence-electron chi connectivity index (χ1n) is 6.15. The second kappa shape index (κ2) is 5.80. The molecule has 1 aromatic rings. The molecular formula is C12H21N3OS. The van der Waals surface area contributed by atoms with E-state index in [1.165, 1.54) is 0 Å². The lowest BCUT2D eigenvalue weighted by Crippen LogP contribution is -2.31. The van der Waals surface area contributed by atoms with Crippen molar-refractivity contribution in [3.05, 3.63) is 11.1 Å². The van der Waals surface area contributed by atoms with Gasteiger partial charge in [-0.2, -0.15) is 0 Å². The Kier molecular flexibility index (Phi) is 4.36. The van der Waals surface area contributed by atoms with Crippen LogP contribution in [0.5, 0.6) is 0 Å². The maximum atomic E-state index is 5.41. The van der Waals surface area contributed by atoms with Crippen LogP contribution in [0.3, 0.4) is 0 Å². The fourth-order valence-electron chi connectivity index (χ4n) is 1.83. The number of aromatic nitrogens is 1.